The largest absolute Gasteiger partial charge is 0.249 e. The van der Waals surface area contributed by atoms with Crippen LogP contribution in [0.5, 0.6) is 0 Å². The lowest BCUT2D eigenvalue weighted by Crippen LogP contribution is -2.19. The lowest BCUT2D eigenvalue weighted by atomic mass is 10.6. The summed E-state index contributed by atoms with van der Waals surface area (Å²) in [5, 5.41) is 16.2. The minimum atomic E-state index is -1.15. The van der Waals surface area contributed by atoms with Crippen LogP contribution in [0.4, 0.5) is 0 Å². The predicted octanol–water partition coefficient (Wildman–Crippen LogP) is 0.938. The normalized spacial score (nSPS) is 15.2. The Bertz CT molecular complexity index is 120. The van der Waals surface area contributed by atoms with E-state index in [1.807, 2.05) is 0 Å². The van der Waals surface area contributed by atoms with Gasteiger partial charge in [0.2, 0.25) is 12.6 Å². The van der Waals surface area contributed by atoms with Crippen molar-refractivity contribution in [2.45, 2.75) is 12.6 Å². The topological polar surface area (TPSA) is 77.4 Å². The summed E-state index contributed by atoms with van der Waals surface area (Å²) in [4.78, 5) is 16.1. The van der Waals surface area contributed by atoms with Crippen LogP contribution in [0.25, 0.3) is 0 Å². The van der Waals surface area contributed by atoms with E-state index in [0.717, 1.165) is 12.2 Å². The van der Waals surface area contributed by atoms with E-state index in [2.05, 4.69) is 32.7 Å². The molecule has 0 aromatic carbocycles. The molecule has 0 aliphatic heterocycles. The Morgan fingerprint density at radius 2 is 1.25 bits per heavy atom. The molecule has 0 aromatic rings. The smallest absolute Gasteiger partial charge is 0.242 e. The maximum atomic E-state index is 8.08. The highest BCUT2D eigenvalue weighted by Crippen LogP contribution is 2.00. The summed E-state index contributed by atoms with van der Waals surface area (Å²) in [5.74, 6) is 0. The Kier molecular flexibility index (Phi) is 6.48. The molecule has 70 valence electrons. The van der Waals surface area contributed by atoms with Gasteiger partial charge >= 0.3 is 0 Å². The van der Waals surface area contributed by atoms with Crippen molar-refractivity contribution >= 4 is 0 Å². The van der Waals surface area contributed by atoms with E-state index in [1.54, 1.807) is 0 Å². The van der Waals surface area contributed by atoms with Crippen LogP contribution >= 0.6 is 0 Å². The van der Waals surface area contributed by atoms with Gasteiger partial charge in [0.15, 0.2) is 0 Å². The van der Waals surface area contributed by atoms with Crippen molar-refractivity contribution in [3.05, 3.63) is 25.3 Å². The first-order chi connectivity index (χ1) is 5.78. The first kappa shape index (κ1) is 11.2. The van der Waals surface area contributed by atoms with Crippen LogP contribution in [-0.4, -0.2) is 23.1 Å². The Morgan fingerprint density at radius 1 is 0.917 bits per heavy atom. The average molecular weight is 178 g/mol. The van der Waals surface area contributed by atoms with Gasteiger partial charge in [-0.15, -0.1) is 0 Å². The summed E-state index contributed by atoms with van der Waals surface area (Å²) in [7, 11) is 0. The van der Waals surface area contributed by atoms with Gasteiger partial charge in [-0.05, 0) is 12.2 Å². The Labute approximate surface area is 69.0 Å². The van der Waals surface area contributed by atoms with Gasteiger partial charge in [-0.25, -0.2) is 10.5 Å². The van der Waals surface area contributed by atoms with Crippen LogP contribution in [0.1, 0.15) is 0 Å². The first-order valence-corrected chi connectivity index (χ1v) is 2.96. The quantitative estimate of drug-likeness (QED) is 0.261. The van der Waals surface area contributed by atoms with Gasteiger partial charge in [0.1, 0.15) is 0 Å². The van der Waals surface area contributed by atoms with Crippen LogP contribution in [0.3, 0.4) is 0 Å². The second-order valence-electron chi connectivity index (χ2n) is 1.61. The van der Waals surface area contributed by atoms with Crippen molar-refractivity contribution in [3.63, 3.8) is 0 Å². The van der Waals surface area contributed by atoms with E-state index in [-0.39, 0.29) is 0 Å². The van der Waals surface area contributed by atoms with Gasteiger partial charge in [0, 0.05) is 0 Å². The molecule has 2 unspecified atom stereocenters. The van der Waals surface area contributed by atoms with Gasteiger partial charge < -0.3 is 0 Å². The number of hydrogen-bond donors (Lipinski definition) is 2. The molecule has 6 heteroatoms. The summed E-state index contributed by atoms with van der Waals surface area (Å²) in [5.41, 5.74) is 0. The predicted molar refractivity (Wildman–Crippen MR) is 37.6 cm³/mol. The highest BCUT2D eigenvalue weighted by atomic mass is 17.3. The Hall–Kier alpha value is -0.760. The summed E-state index contributed by atoms with van der Waals surface area (Å²) in [6.07, 6.45) is -0.0557. The zero-order valence-electron chi connectivity index (χ0n) is 6.25. The third-order valence-electron chi connectivity index (χ3n) is 0.838. The molecule has 0 aliphatic carbocycles. The molecule has 12 heavy (non-hydrogen) atoms. The molecule has 0 saturated carbocycles. The monoisotopic (exact) mass is 178 g/mol. The Balaban J connectivity index is 3.62. The lowest BCUT2D eigenvalue weighted by Gasteiger charge is -2.11. The second-order valence-corrected chi connectivity index (χ2v) is 1.61. The van der Waals surface area contributed by atoms with E-state index in [4.69, 9.17) is 10.5 Å². The van der Waals surface area contributed by atoms with Gasteiger partial charge in [-0.1, -0.05) is 13.2 Å². The highest BCUT2D eigenvalue weighted by Gasteiger charge is 2.09. The SMILES string of the molecule is C=CC(OO)OOC(C=C)OO. The van der Waals surface area contributed by atoms with E-state index >= 15 is 0 Å². The molecule has 0 heterocycles. The van der Waals surface area contributed by atoms with Crippen molar-refractivity contribution in [2.75, 3.05) is 0 Å². The maximum absolute atomic E-state index is 8.08. The molecule has 0 fully saturated rings. The molecule has 0 spiro atoms. The molecule has 0 aliphatic rings. The standard InChI is InChI=1S/C6H10O6/c1-3-5(9-7)11-12-6(4-2)10-8/h3-8H,1-2H2. The molecule has 2 N–H and O–H groups in total. The third kappa shape index (κ3) is 4.19. The Morgan fingerprint density at radius 3 is 1.42 bits per heavy atom. The van der Waals surface area contributed by atoms with Crippen molar-refractivity contribution < 1.29 is 30.1 Å². The fraction of sp³-hybridized carbons (Fsp3) is 0.333. The molecule has 6 nitrogen and oxygen atoms in total. The van der Waals surface area contributed by atoms with Gasteiger partial charge in [-0.3, -0.25) is 0 Å². The maximum Gasteiger partial charge on any atom is 0.242 e. The van der Waals surface area contributed by atoms with Crippen LogP contribution in [0.15, 0.2) is 25.3 Å². The minimum absolute atomic E-state index is 1.12. The van der Waals surface area contributed by atoms with E-state index in [9.17, 15) is 0 Å². The summed E-state index contributed by atoms with van der Waals surface area (Å²) in [6, 6.07) is 0. The molecule has 0 radical (unpaired) electrons. The van der Waals surface area contributed by atoms with Crippen LogP contribution in [0, 0.1) is 0 Å². The third-order valence-corrected chi connectivity index (χ3v) is 0.838. The lowest BCUT2D eigenvalue weighted by molar-refractivity contribution is -0.490. The molecular weight excluding hydrogens is 168 g/mol. The summed E-state index contributed by atoms with van der Waals surface area (Å²) >= 11 is 0. The molecule has 0 saturated heterocycles. The average Bonchev–Trinajstić information content (AvgIpc) is 2.13. The molecule has 0 aromatic heterocycles. The van der Waals surface area contributed by atoms with Crippen LogP contribution in [-0.2, 0) is 19.6 Å². The fourth-order valence-electron chi connectivity index (χ4n) is 0.309. The highest BCUT2D eigenvalue weighted by molar-refractivity contribution is 4.71. The summed E-state index contributed by atoms with van der Waals surface area (Å²) in [6.45, 7) is 6.48. The molecule has 2 atom stereocenters. The van der Waals surface area contributed by atoms with Crippen LogP contribution < -0.4 is 0 Å². The van der Waals surface area contributed by atoms with Crippen LogP contribution in [0.2, 0.25) is 0 Å². The zero-order valence-corrected chi connectivity index (χ0v) is 6.25. The second kappa shape index (κ2) is 6.92. The summed E-state index contributed by atoms with van der Waals surface area (Å²) < 4.78 is 0. The minimum Gasteiger partial charge on any atom is -0.249 e. The number of hydrogen-bond acceptors (Lipinski definition) is 6. The molecular formula is C6H10O6. The van der Waals surface area contributed by atoms with Crippen molar-refractivity contribution in [2.24, 2.45) is 0 Å². The van der Waals surface area contributed by atoms with E-state index < -0.39 is 12.6 Å². The zero-order chi connectivity index (χ0) is 9.40. The fourth-order valence-corrected chi connectivity index (χ4v) is 0.309. The van der Waals surface area contributed by atoms with E-state index in [0.29, 0.717) is 0 Å². The van der Waals surface area contributed by atoms with Crippen molar-refractivity contribution in [1.29, 1.82) is 0 Å². The first-order valence-electron chi connectivity index (χ1n) is 2.96. The van der Waals surface area contributed by atoms with Crippen molar-refractivity contribution in [1.82, 2.24) is 0 Å². The van der Waals surface area contributed by atoms with Gasteiger partial charge in [0.25, 0.3) is 0 Å². The van der Waals surface area contributed by atoms with Gasteiger partial charge in [0.05, 0.1) is 0 Å². The molecule has 0 bridgehead atoms. The van der Waals surface area contributed by atoms with Gasteiger partial charge in [-0.2, -0.15) is 19.6 Å². The molecule has 0 rings (SSSR count). The number of rotatable bonds is 7. The van der Waals surface area contributed by atoms with Crippen molar-refractivity contribution in [3.8, 4) is 0 Å². The van der Waals surface area contributed by atoms with E-state index in [1.165, 1.54) is 0 Å². The molecule has 0 amide bonds.